The number of benzene rings is 1. The molecule has 0 saturated carbocycles. The SMILES string of the molecule is CC(C)(CC(N)=O)NC(=O)c1cccc(Br)c1. The summed E-state index contributed by atoms with van der Waals surface area (Å²) < 4.78 is 0.831. The largest absolute Gasteiger partial charge is 0.370 e. The van der Waals surface area contributed by atoms with Crippen LogP contribution in [0.5, 0.6) is 0 Å². The molecular weight excluding hydrogens is 284 g/mol. The Kier molecular flexibility index (Phi) is 4.28. The van der Waals surface area contributed by atoms with Gasteiger partial charge in [0.25, 0.3) is 5.91 Å². The van der Waals surface area contributed by atoms with Crippen molar-refractivity contribution >= 4 is 27.7 Å². The van der Waals surface area contributed by atoms with Gasteiger partial charge in [-0.15, -0.1) is 0 Å². The molecule has 1 aromatic rings. The maximum absolute atomic E-state index is 11.9. The molecule has 0 fully saturated rings. The molecule has 0 unspecified atom stereocenters. The third-order valence-electron chi connectivity index (χ3n) is 2.15. The van der Waals surface area contributed by atoms with E-state index in [1.165, 1.54) is 0 Å². The van der Waals surface area contributed by atoms with Crippen molar-refractivity contribution in [2.24, 2.45) is 5.73 Å². The van der Waals surface area contributed by atoms with Crippen molar-refractivity contribution < 1.29 is 9.59 Å². The molecule has 0 spiro atoms. The van der Waals surface area contributed by atoms with Crippen molar-refractivity contribution in [3.05, 3.63) is 34.3 Å². The van der Waals surface area contributed by atoms with Gasteiger partial charge in [0.1, 0.15) is 0 Å². The topological polar surface area (TPSA) is 72.2 Å². The molecule has 5 heteroatoms. The number of carbonyl (C=O) groups is 2. The van der Waals surface area contributed by atoms with Crippen LogP contribution >= 0.6 is 15.9 Å². The first-order chi connectivity index (χ1) is 7.80. The summed E-state index contributed by atoms with van der Waals surface area (Å²) in [4.78, 5) is 22.8. The van der Waals surface area contributed by atoms with E-state index in [1.807, 2.05) is 6.07 Å². The minimum atomic E-state index is -0.648. The number of hydrogen-bond donors (Lipinski definition) is 2. The van der Waals surface area contributed by atoms with Crippen LogP contribution in [0.1, 0.15) is 30.6 Å². The molecule has 3 N–H and O–H groups in total. The fourth-order valence-electron chi connectivity index (χ4n) is 1.49. The Morgan fingerprint density at radius 1 is 1.41 bits per heavy atom. The summed E-state index contributed by atoms with van der Waals surface area (Å²) in [5, 5.41) is 2.77. The first kappa shape index (κ1) is 13.7. The van der Waals surface area contributed by atoms with E-state index in [1.54, 1.807) is 32.0 Å². The molecular formula is C12H15BrN2O2. The minimum Gasteiger partial charge on any atom is -0.370 e. The van der Waals surface area contributed by atoms with Crippen LogP contribution < -0.4 is 11.1 Å². The highest BCUT2D eigenvalue weighted by Gasteiger charge is 2.23. The van der Waals surface area contributed by atoms with Crippen LogP contribution in [-0.4, -0.2) is 17.4 Å². The first-order valence-corrected chi connectivity index (χ1v) is 5.96. The Labute approximate surface area is 109 Å². The van der Waals surface area contributed by atoms with E-state index in [-0.39, 0.29) is 12.3 Å². The normalized spacial score (nSPS) is 11.0. The van der Waals surface area contributed by atoms with Gasteiger partial charge in [0.05, 0.1) is 0 Å². The summed E-state index contributed by atoms with van der Waals surface area (Å²) in [7, 11) is 0. The van der Waals surface area contributed by atoms with Crippen LogP contribution in [0.25, 0.3) is 0 Å². The zero-order valence-corrected chi connectivity index (χ0v) is 11.4. The van der Waals surface area contributed by atoms with Gasteiger partial charge < -0.3 is 11.1 Å². The van der Waals surface area contributed by atoms with Crippen LogP contribution in [0.4, 0.5) is 0 Å². The summed E-state index contributed by atoms with van der Waals surface area (Å²) in [6.07, 6.45) is 0.104. The quantitative estimate of drug-likeness (QED) is 0.890. The third-order valence-corrected chi connectivity index (χ3v) is 2.65. The molecule has 0 aliphatic heterocycles. The van der Waals surface area contributed by atoms with Gasteiger partial charge >= 0.3 is 0 Å². The second-order valence-electron chi connectivity index (χ2n) is 4.49. The number of rotatable bonds is 4. The maximum atomic E-state index is 11.9. The zero-order chi connectivity index (χ0) is 13.1. The van der Waals surface area contributed by atoms with E-state index in [0.717, 1.165) is 4.47 Å². The summed E-state index contributed by atoms with van der Waals surface area (Å²) in [6.45, 7) is 3.52. The van der Waals surface area contributed by atoms with E-state index in [2.05, 4.69) is 21.2 Å². The molecule has 0 aliphatic rings. The molecule has 1 rings (SSSR count). The van der Waals surface area contributed by atoms with Crippen molar-refractivity contribution in [3.8, 4) is 0 Å². The summed E-state index contributed by atoms with van der Waals surface area (Å²) in [5.74, 6) is -0.665. The minimum absolute atomic E-state index is 0.104. The monoisotopic (exact) mass is 298 g/mol. The highest BCUT2D eigenvalue weighted by Crippen LogP contribution is 2.14. The molecule has 0 bridgehead atoms. The van der Waals surface area contributed by atoms with Crippen molar-refractivity contribution in [1.82, 2.24) is 5.32 Å². The maximum Gasteiger partial charge on any atom is 0.251 e. The summed E-state index contributed by atoms with van der Waals surface area (Å²) in [5.41, 5.74) is 5.01. The van der Waals surface area contributed by atoms with E-state index in [4.69, 9.17) is 5.73 Å². The molecule has 0 aliphatic carbocycles. The van der Waals surface area contributed by atoms with Gasteiger partial charge in [0.15, 0.2) is 0 Å². The standard InChI is InChI=1S/C12H15BrN2O2/c1-12(2,7-10(14)16)15-11(17)8-4-3-5-9(13)6-8/h3-6H,7H2,1-2H3,(H2,14,16)(H,15,17). The smallest absolute Gasteiger partial charge is 0.251 e. The average molecular weight is 299 g/mol. The molecule has 0 aromatic heterocycles. The average Bonchev–Trinajstić information content (AvgIpc) is 2.14. The van der Waals surface area contributed by atoms with Gasteiger partial charge in [-0.3, -0.25) is 9.59 Å². The van der Waals surface area contributed by atoms with Gasteiger partial charge in [0, 0.05) is 22.0 Å². The van der Waals surface area contributed by atoms with E-state index in [9.17, 15) is 9.59 Å². The molecule has 2 amide bonds. The highest BCUT2D eigenvalue weighted by atomic mass is 79.9. The molecule has 0 radical (unpaired) electrons. The van der Waals surface area contributed by atoms with Gasteiger partial charge in [-0.05, 0) is 32.0 Å². The van der Waals surface area contributed by atoms with Gasteiger partial charge in [0.2, 0.25) is 5.91 Å². The predicted octanol–water partition coefficient (Wildman–Crippen LogP) is 1.83. The Hall–Kier alpha value is -1.36. The summed E-state index contributed by atoms with van der Waals surface area (Å²) in [6, 6.07) is 7.04. The molecule has 0 heterocycles. The van der Waals surface area contributed by atoms with E-state index >= 15 is 0 Å². The van der Waals surface area contributed by atoms with Crippen LogP contribution in [0.2, 0.25) is 0 Å². The fraction of sp³-hybridized carbons (Fsp3) is 0.333. The third kappa shape index (κ3) is 4.56. The fourth-order valence-corrected chi connectivity index (χ4v) is 1.89. The first-order valence-electron chi connectivity index (χ1n) is 5.16. The molecule has 0 saturated heterocycles. The van der Waals surface area contributed by atoms with Crippen LogP contribution in [0, 0.1) is 0 Å². The van der Waals surface area contributed by atoms with Crippen molar-refractivity contribution in [1.29, 1.82) is 0 Å². The lowest BCUT2D eigenvalue weighted by Crippen LogP contribution is -2.46. The van der Waals surface area contributed by atoms with Gasteiger partial charge in [-0.1, -0.05) is 22.0 Å². The second-order valence-corrected chi connectivity index (χ2v) is 5.41. The lowest BCUT2D eigenvalue weighted by molar-refractivity contribution is -0.119. The number of halogens is 1. The second kappa shape index (κ2) is 5.31. The number of primary amides is 1. The number of nitrogens with one attached hydrogen (secondary N) is 1. The number of nitrogens with two attached hydrogens (primary N) is 1. The Balaban J connectivity index is 2.75. The molecule has 1 aromatic carbocycles. The van der Waals surface area contributed by atoms with Crippen LogP contribution in [-0.2, 0) is 4.79 Å². The Morgan fingerprint density at radius 2 is 2.06 bits per heavy atom. The summed E-state index contributed by atoms with van der Waals surface area (Å²) >= 11 is 3.30. The number of amides is 2. The number of hydrogen-bond acceptors (Lipinski definition) is 2. The van der Waals surface area contributed by atoms with Crippen LogP contribution in [0.15, 0.2) is 28.7 Å². The van der Waals surface area contributed by atoms with Gasteiger partial charge in [-0.25, -0.2) is 0 Å². The molecule has 17 heavy (non-hydrogen) atoms. The Bertz CT molecular complexity index is 444. The highest BCUT2D eigenvalue weighted by molar-refractivity contribution is 9.10. The zero-order valence-electron chi connectivity index (χ0n) is 9.79. The predicted molar refractivity (Wildman–Crippen MR) is 69.5 cm³/mol. The lowest BCUT2D eigenvalue weighted by atomic mass is 9.99. The van der Waals surface area contributed by atoms with E-state index < -0.39 is 11.4 Å². The Morgan fingerprint density at radius 3 is 2.59 bits per heavy atom. The van der Waals surface area contributed by atoms with Crippen LogP contribution in [0.3, 0.4) is 0 Å². The van der Waals surface area contributed by atoms with Crippen molar-refractivity contribution in [2.75, 3.05) is 0 Å². The van der Waals surface area contributed by atoms with Gasteiger partial charge in [-0.2, -0.15) is 0 Å². The van der Waals surface area contributed by atoms with Crippen molar-refractivity contribution in [3.63, 3.8) is 0 Å². The lowest BCUT2D eigenvalue weighted by Gasteiger charge is -2.24. The molecule has 0 atom stereocenters. The number of carbonyl (C=O) groups excluding carboxylic acids is 2. The molecule has 4 nitrogen and oxygen atoms in total. The van der Waals surface area contributed by atoms with E-state index in [0.29, 0.717) is 5.56 Å². The molecule has 92 valence electrons. The van der Waals surface area contributed by atoms with Crippen molar-refractivity contribution in [2.45, 2.75) is 25.8 Å².